The number of nitrogens with one attached hydrogen (secondary N) is 1. The quantitative estimate of drug-likeness (QED) is 0.623. The van der Waals surface area contributed by atoms with Crippen LogP contribution in [-0.4, -0.2) is 9.55 Å². The molecule has 0 spiro atoms. The van der Waals surface area contributed by atoms with Crippen LogP contribution in [0.25, 0.3) is 10.8 Å². The van der Waals surface area contributed by atoms with Crippen LogP contribution >= 0.6 is 0 Å². The van der Waals surface area contributed by atoms with E-state index in [0.717, 1.165) is 36.1 Å². The largest absolute Gasteiger partial charge is 0.328 e. The fourth-order valence-electron chi connectivity index (χ4n) is 3.72. The first-order valence-electron chi connectivity index (χ1n) is 9.84. The minimum Gasteiger partial charge on any atom is -0.297 e. The summed E-state index contributed by atoms with van der Waals surface area (Å²) in [6, 6.07) is 14.6. The third-order valence-electron chi connectivity index (χ3n) is 5.10. The maximum atomic E-state index is 12.5. The van der Waals surface area contributed by atoms with Gasteiger partial charge in [0.05, 0.1) is 0 Å². The van der Waals surface area contributed by atoms with Crippen LogP contribution in [0.5, 0.6) is 0 Å². The Morgan fingerprint density at radius 2 is 1.74 bits per heavy atom. The normalized spacial score (nSPS) is 11.4. The lowest BCUT2D eigenvalue weighted by molar-refractivity contribution is 0.547. The Morgan fingerprint density at radius 3 is 2.44 bits per heavy atom. The van der Waals surface area contributed by atoms with E-state index in [4.69, 9.17) is 0 Å². The van der Waals surface area contributed by atoms with E-state index in [9.17, 15) is 9.59 Å². The fourth-order valence-corrected chi connectivity index (χ4v) is 3.72. The smallest absolute Gasteiger partial charge is 0.297 e. The van der Waals surface area contributed by atoms with E-state index in [1.165, 1.54) is 10.8 Å². The molecule has 4 heteroatoms. The lowest BCUT2D eigenvalue weighted by atomic mass is 9.96. The summed E-state index contributed by atoms with van der Waals surface area (Å²) in [5, 5.41) is 2.36. The Labute approximate surface area is 159 Å². The Balaban J connectivity index is 2.09. The van der Waals surface area contributed by atoms with Crippen LogP contribution in [0.4, 0.5) is 0 Å². The van der Waals surface area contributed by atoms with Gasteiger partial charge in [0.2, 0.25) is 0 Å². The highest BCUT2D eigenvalue weighted by Crippen LogP contribution is 2.21. The van der Waals surface area contributed by atoms with Gasteiger partial charge in [-0.25, -0.2) is 4.79 Å². The molecule has 27 heavy (non-hydrogen) atoms. The molecule has 0 fully saturated rings. The van der Waals surface area contributed by atoms with Gasteiger partial charge >= 0.3 is 5.69 Å². The molecule has 3 rings (SSSR count). The van der Waals surface area contributed by atoms with Gasteiger partial charge in [-0.05, 0) is 28.7 Å². The molecule has 2 aromatic carbocycles. The van der Waals surface area contributed by atoms with Crippen molar-refractivity contribution in [2.24, 2.45) is 0 Å². The monoisotopic (exact) mass is 364 g/mol. The van der Waals surface area contributed by atoms with Crippen LogP contribution in [0.3, 0.4) is 0 Å². The van der Waals surface area contributed by atoms with Gasteiger partial charge in [-0.1, -0.05) is 76.1 Å². The van der Waals surface area contributed by atoms with Gasteiger partial charge in [-0.15, -0.1) is 0 Å². The number of hydrogen-bond donors (Lipinski definition) is 1. The number of H-pyrrole nitrogens is 1. The molecule has 0 aliphatic heterocycles. The van der Waals surface area contributed by atoms with Gasteiger partial charge in [0.15, 0.2) is 0 Å². The Kier molecular flexibility index (Phi) is 5.94. The summed E-state index contributed by atoms with van der Waals surface area (Å²) in [6.45, 7) is 6.81. The molecule has 0 amide bonds. The predicted octanol–water partition coefficient (Wildman–Crippen LogP) is 4.59. The second kappa shape index (κ2) is 8.38. The summed E-state index contributed by atoms with van der Waals surface area (Å²) in [5.41, 5.74) is 2.14. The molecule has 1 aromatic heterocycles. The van der Waals surface area contributed by atoms with Gasteiger partial charge in [0.25, 0.3) is 5.56 Å². The zero-order chi connectivity index (χ0) is 19.4. The Hall–Kier alpha value is -2.62. The first-order valence-corrected chi connectivity index (χ1v) is 9.84. The molecule has 142 valence electrons. The summed E-state index contributed by atoms with van der Waals surface area (Å²) in [7, 11) is 0. The summed E-state index contributed by atoms with van der Waals surface area (Å²) in [4.78, 5) is 27.6. The van der Waals surface area contributed by atoms with Crippen molar-refractivity contribution < 1.29 is 0 Å². The minimum atomic E-state index is -0.295. The van der Waals surface area contributed by atoms with Gasteiger partial charge in [-0.3, -0.25) is 14.3 Å². The van der Waals surface area contributed by atoms with Crippen molar-refractivity contribution in [1.29, 1.82) is 0 Å². The molecule has 0 saturated carbocycles. The number of nitrogens with zero attached hydrogens (tertiary/aromatic N) is 1. The summed E-state index contributed by atoms with van der Waals surface area (Å²) >= 11 is 0. The van der Waals surface area contributed by atoms with E-state index < -0.39 is 0 Å². The molecule has 1 heterocycles. The number of benzene rings is 2. The second-order valence-electron chi connectivity index (χ2n) is 7.49. The van der Waals surface area contributed by atoms with Crippen LogP contribution in [0.2, 0.25) is 0 Å². The van der Waals surface area contributed by atoms with Crippen molar-refractivity contribution in [3.8, 4) is 0 Å². The average molecular weight is 364 g/mol. The maximum absolute atomic E-state index is 12.5. The lowest BCUT2D eigenvalue weighted by Gasteiger charge is -2.18. The molecule has 4 nitrogen and oxygen atoms in total. The van der Waals surface area contributed by atoms with E-state index in [-0.39, 0.29) is 17.2 Å². The minimum absolute atomic E-state index is 0.0576. The summed E-state index contributed by atoms with van der Waals surface area (Å²) in [5.74, 6) is 0.0576. The van der Waals surface area contributed by atoms with E-state index >= 15 is 0 Å². The number of unbranched alkanes of at least 4 members (excludes halogenated alkanes) is 2. The highest BCUT2D eigenvalue weighted by molar-refractivity contribution is 5.83. The van der Waals surface area contributed by atoms with Crippen LogP contribution in [-0.2, 0) is 13.0 Å². The molecule has 0 unspecified atom stereocenters. The first kappa shape index (κ1) is 19.2. The van der Waals surface area contributed by atoms with Crippen molar-refractivity contribution >= 4 is 10.8 Å². The van der Waals surface area contributed by atoms with Gasteiger partial charge in [-0.2, -0.15) is 0 Å². The molecule has 0 aliphatic carbocycles. The average Bonchev–Trinajstić information content (AvgIpc) is 2.63. The highest BCUT2D eigenvalue weighted by Gasteiger charge is 2.18. The Bertz CT molecular complexity index is 1040. The number of rotatable bonds is 7. The number of aromatic nitrogens is 2. The predicted molar refractivity (Wildman–Crippen MR) is 112 cm³/mol. The van der Waals surface area contributed by atoms with E-state index in [0.29, 0.717) is 13.0 Å². The molecule has 0 bridgehead atoms. The molecule has 3 aromatic rings. The molecular formula is C23H28N2O2. The van der Waals surface area contributed by atoms with Crippen molar-refractivity contribution in [3.05, 3.63) is 80.1 Å². The van der Waals surface area contributed by atoms with E-state index in [1.807, 2.05) is 26.0 Å². The molecule has 0 radical (unpaired) electrons. The van der Waals surface area contributed by atoms with E-state index in [1.54, 1.807) is 4.57 Å². The zero-order valence-corrected chi connectivity index (χ0v) is 16.4. The van der Waals surface area contributed by atoms with Crippen molar-refractivity contribution in [3.63, 3.8) is 0 Å². The van der Waals surface area contributed by atoms with Gasteiger partial charge in [0, 0.05) is 24.2 Å². The topological polar surface area (TPSA) is 54.9 Å². The first-order chi connectivity index (χ1) is 13.0. The third-order valence-corrected chi connectivity index (χ3v) is 5.10. The van der Waals surface area contributed by atoms with Gasteiger partial charge in [0.1, 0.15) is 0 Å². The molecule has 0 aliphatic rings. The lowest BCUT2D eigenvalue weighted by Crippen LogP contribution is -2.36. The van der Waals surface area contributed by atoms with Crippen LogP contribution in [0.15, 0.2) is 52.1 Å². The Morgan fingerprint density at radius 1 is 1.00 bits per heavy atom. The molecule has 1 N–H and O–H groups in total. The molecule has 0 saturated heterocycles. The van der Waals surface area contributed by atoms with Crippen LogP contribution < -0.4 is 11.2 Å². The number of hydrogen-bond acceptors (Lipinski definition) is 2. The third kappa shape index (κ3) is 4.21. The zero-order valence-electron chi connectivity index (χ0n) is 16.4. The summed E-state index contributed by atoms with van der Waals surface area (Å²) < 4.78 is 1.78. The van der Waals surface area contributed by atoms with E-state index in [2.05, 4.69) is 42.2 Å². The molecular weight excluding hydrogens is 336 g/mol. The number of aromatic amines is 1. The maximum Gasteiger partial charge on any atom is 0.328 e. The highest BCUT2D eigenvalue weighted by atomic mass is 16.2. The van der Waals surface area contributed by atoms with Crippen molar-refractivity contribution in [2.45, 2.75) is 58.9 Å². The van der Waals surface area contributed by atoms with Gasteiger partial charge < -0.3 is 0 Å². The van der Waals surface area contributed by atoms with Crippen LogP contribution in [0.1, 0.15) is 62.8 Å². The SMILES string of the molecule is CCCCCn1c(Cc2ccc3ccccc3c2)c(C(C)C)c(=O)[nH]c1=O. The summed E-state index contributed by atoms with van der Waals surface area (Å²) in [6.07, 6.45) is 3.68. The standard InChI is InChI=1S/C23H28N2O2/c1-4-5-8-13-25-20(21(16(2)3)22(26)24-23(25)27)15-17-11-12-18-9-6-7-10-19(18)14-17/h6-7,9-12,14,16H,4-5,8,13,15H2,1-3H3,(H,24,26,27). The van der Waals surface area contributed by atoms with Crippen molar-refractivity contribution in [2.75, 3.05) is 0 Å². The molecule has 0 atom stereocenters. The van der Waals surface area contributed by atoms with Crippen molar-refractivity contribution in [1.82, 2.24) is 9.55 Å². The second-order valence-corrected chi connectivity index (χ2v) is 7.49. The van der Waals surface area contributed by atoms with Crippen LogP contribution in [0, 0.1) is 0 Å². The number of fused-ring (bicyclic) bond motifs is 1. The fraction of sp³-hybridized carbons (Fsp3) is 0.391.